The third-order valence-corrected chi connectivity index (χ3v) is 5.55. The van der Waals surface area contributed by atoms with Gasteiger partial charge >= 0.3 is 0 Å². The lowest BCUT2D eigenvalue weighted by Gasteiger charge is -2.22. The van der Waals surface area contributed by atoms with E-state index in [1.54, 1.807) is 7.11 Å². The average Bonchev–Trinajstić information content (AvgIpc) is 3.37. The third-order valence-electron chi connectivity index (χ3n) is 5.55. The van der Waals surface area contributed by atoms with E-state index in [1.165, 1.54) is 31.2 Å². The first kappa shape index (κ1) is 19.0. The number of aliphatic imine (C=N–C) groups is 1. The summed E-state index contributed by atoms with van der Waals surface area (Å²) in [6.45, 7) is 3.84. The van der Waals surface area contributed by atoms with Crippen molar-refractivity contribution >= 4 is 5.96 Å². The van der Waals surface area contributed by atoms with E-state index in [0.29, 0.717) is 12.0 Å². The molecule has 1 aromatic carbocycles. The van der Waals surface area contributed by atoms with Crippen LogP contribution in [0.25, 0.3) is 0 Å². The summed E-state index contributed by atoms with van der Waals surface area (Å²) in [6.07, 6.45) is 7.87. The van der Waals surface area contributed by atoms with Gasteiger partial charge < -0.3 is 19.7 Å². The van der Waals surface area contributed by atoms with Gasteiger partial charge in [0.05, 0.1) is 13.2 Å². The van der Waals surface area contributed by atoms with Crippen molar-refractivity contribution in [3.05, 3.63) is 29.8 Å². The van der Waals surface area contributed by atoms with Gasteiger partial charge in [-0.25, -0.2) is 0 Å². The molecule has 1 atom stereocenters. The van der Waals surface area contributed by atoms with Crippen LogP contribution in [0.4, 0.5) is 0 Å². The van der Waals surface area contributed by atoms with Crippen LogP contribution < -0.4 is 10.1 Å². The second-order valence-electron chi connectivity index (χ2n) is 7.31. The topological polar surface area (TPSA) is 46.1 Å². The molecule has 1 unspecified atom stereocenters. The average molecular weight is 360 g/mol. The maximum absolute atomic E-state index is 5.93. The summed E-state index contributed by atoms with van der Waals surface area (Å²) in [6, 6.07) is 8.47. The van der Waals surface area contributed by atoms with E-state index in [2.05, 4.69) is 39.5 Å². The molecule has 1 heterocycles. The highest BCUT2D eigenvalue weighted by Crippen LogP contribution is 2.28. The molecular weight excluding hydrogens is 326 g/mol. The van der Waals surface area contributed by atoms with Gasteiger partial charge in [-0.2, -0.15) is 0 Å². The Morgan fingerprint density at radius 1 is 1.19 bits per heavy atom. The standard InChI is InChI=1S/C21H33N3O2/c1-22-21(23-13-5-15-26-20-6-3-4-7-20)24-14-12-18(16-24)17-8-10-19(25-2)11-9-17/h8-11,18,20H,3-7,12-16H2,1-2H3,(H,22,23). The molecule has 144 valence electrons. The minimum atomic E-state index is 0.512. The molecule has 1 saturated heterocycles. The number of benzene rings is 1. The zero-order valence-electron chi connectivity index (χ0n) is 16.2. The molecule has 5 heteroatoms. The Morgan fingerprint density at radius 3 is 2.65 bits per heavy atom. The normalized spacial score (nSPS) is 21.4. The fourth-order valence-electron chi connectivity index (χ4n) is 4.01. The first-order valence-corrected chi connectivity index (χ1v) is 10.0. The van der Waals surface area contributed by atoms with Gasteiger partial charge in [-0.05, 0) is 43.4 Å². The van der Waals surface area contributed by atoms with Crippen LogP contribution in [-0.2, 0) is 4.74 Å². The van der Waals surface area contributed by atoms with E-state index >= 15 is 0 Å². The van der Waals surface area contributed by atoms with E-state index in [9.17, 15) is 0 Å². The van der Waals surface area contributed by atoms with Crippen LogP contribution in [0.2, 0.25) is 0 Å². The van der Waals surface area contributed by atoms with E-state index in [1.807, 2.05) is 7.05 Å². The molecule has 0 spiro atoms. The second-order valence-corrected chi connectivity index (χ2v) is 7.31. The molecule has 2 aliphatic rings. The van der Waals surface area contributed by atoms with Crippen molar-refractivity contribution in [3.63, 3.8) is 0 Å². The van der Waals surface area contributed by atoms with Gasteiger partial charge in [0.15, 0.2) is 5.96 Å². The highest BCUT2D eigenvalue weighted by molar-refractivity contribution is 5.80. The molecule has 5 nitrogen and oxygen atoms in total. The van der Waals surface area contributed by atoms with Crippen molar-refractivity contribution in [1.82, 2.24) is 10.2 Å². The molecule has 1 aromatic rings. The van der Waals surface area contributed by atoms with Crippen LogP contribution in [-0.4, -0.2) is 57.4 Å². The lowest BCUT2D eigenvalue weighted by molar-refractivity contribution is 0.0573. The SMILES string of the molecule is CN=C(NCCCOC1CCCC1)N1CCC(c2ccc(OC)cc2)C1. The second kappa shape index (κ2) is 9.81. The molecule has 0 bridgehead atoms. The molecule has 0 radical (unpaired) electrons. The summed E-state index contributed by atoms with van der Waals surface area (Å²) in [7, 11) is 3.58. The number of hydrogen-bond acceptors (Lipinski definition) is 3. The summed E-state index contributed by atoms with van der Waals surface area (Å²) < 4.78 is 11.2. The summed E-state index contributed by atoms with van der Waals surface area (Å²) in [4.78, 5) is 6.84. The molecule has 1 aliphatic heterocycles. The molecule has 0 amide bonds. The van der Waals surface area contributed by atoms with E-state index in [-0.39, 0.29) is 0 Å². The van der Waals surface area contributed by atoms with E-state index in [4.69, 9.17) is 9.47 Å². The molecule has 1 saturated carbocycles. The molecule has 3 rings (SSSR count). The third kappa shape index (κ3) is 5.13. The maximum Gasteiger partial charge on any atom is 0.193 e. The van der Waals surface area contributed by atoms with E-state index in [0.717, 1.165) is 50.8 Å². The first-order valence-electron chi connectivity index (χ1n) is 10.0. The number of methoxy groups -OCH3 is 1. The number of likely N-dealkylation sites (tertiary alicyclic amines) is 1. The molecule has 1 N–H and O–H groups in total. The number of ether oxygens (including phenoxy) is 2. The van der Waals surface area contributed by atoms with Crippen molar-refractivity contribution in [1.29, 1.82) is 0 Å². The Morgan fingerprint density at radius 2 is 1.96 bits per heavy atom. The lowest BCUT2D eigenvalue weighted by Crippen LogP contribution is -2.40. The van der Waals surface area contributed by atoms with Crippen molar-refractivity contribution in [2.75, 3.05) is 40.4 Å². The maximum atomic E-state index is 5.93. The van der Waals surface area contributed by atoms with Gasteiger partial charge in [-0.15, -0.1) is 0 Å². The Labute approximate surface area is 157 Å². The van der Waals surface area contributed by atoms with Crippen molar-refractivity contribution in [2.24, 2.45) is 4.99 Å². The van der Waals surface area contributed by atoms with Crippen LogP contribution in [0, 0.1) is 0 Å². The first-order chi connectivity index (χ1) is 12.8. The fraction of sp³-hybridized carbons (Fsp3) is 0.667. The molecular formula is C21H33N3O2. The molecule has 1 aliphatic carbocycles. The lowest BCUT2D eigenvalue weighted by atomic mass is 9.98. The van der Waals surface area contributed by atoms with Crippen molar-refractivity contribution < 1.29 is 9.47 Å². The molecule has 26 heavy (non-hydrogen) atoms. The quantitative estimate of drug-likeness (QED) is 0.460. The number of guanidine groups is 1. The highest BCUT2D eigenvalue weighted by atomic mass is 16.5. The number of hydrogen-bond donors (Lipinski definition) is 1. The van der Waals surface area contributed by atoms with Gasteiger partial charge in [-0.1, -0.05) is 25.0 Å². The van der Waals surface area contributed by atoms with Gasteiger partial charge in [0.2, 0.25) is 0 Å². The Bertz CT molecular complexity index is 567. The Balaban J connectivity index is 1.39. The van der Waals surface area contributed by atoms with Crippen LogP contribution in [0.3, 0.4) is 0 Å². The zero-order valence-corrected chi connectivity index (χ0v) is 16.2. The summed E-state index contributed by atoms with van der Waals surface area (Å²) >= 11 is 0. The van der Waals surface area contributed by atoms with Crippen molar-refractivity contribution in [2.45, 2.75) is 50.5 Å². The summed E-state index contributed by atoms with van der Waals surface area (Å²) in [5.74, 6) is 2.49. The number of rotatable bonds is 7. The highest BCUT2D eigenvalue weighted by Gasteiger charge is 2.26. The minimum Gasteiger partial charge on any atom is -0.497 e. The van der Waals surface area contributed by atoms with Gasteiger partial charge in [0.25, 0.3) is 0 Å². The number of nitrogens with zero attached hydrogens (tertiary/aromatic N) is 2. The predicted octanol–water partition coefficient (Wildman–Crippen LogP) is 3.41. The van der Waals surface area contributed by atoms with Crippen LogP contribution in [0.15, 0.2) is 29.3 Å². The fourth-order valence-corrected chi connectivity index (χ4v) is 4.01. The van der Waals surface area contributed by atoms with Crippen molar-refractivity contribution in [3.8, 4) is 5.75 Å². The smallest absolute Gasteiger partial charge is 0.193 e. The summed E-state index contributed by atoms with van der Waals surface area (Å²) in [5.41, 5.74) is 1.38. The van der Waals surface area contributed by atoms with E-state index < -0.39 is 0 Å². The van der Waals surface area contributed by atoms with Crippen LogP contribution in [0.1, 0.15) is 50.0 Å². The monoisotopic (exact) mass is 359 g/mol. The van der Waals surface area contributed by atoms with Crippen LogP contribution >= 0.6 is 0 Å². The predicted molar refractivity (Wildman–Crippen MR) is 106 cm³/mol. The Hall–Kier alpha value is -1.75. The molecule has 0 aromatic heterocycles. The zero-order chi connectivity index (χ0) is 18.2. The number of nitrogens with one attached hydrogen (secondary N) is 1. The summed E-state index contributed by atoms with van der Waals surface area (Å²) in [5, 5.41) is 3.50. The van der Waals surface area contributed by atoms with Crippen LogP contribution in [0.5, 0.6) is 5.75 Å². The largest absolute Gasteiger partial charge is 0.497 e. The van der Waals surface area contributed by atoms with Gasteiger partial charge in [-0.3, -0.25) is 4.99 Å². The minimum absolute atomic E-state index is 0.512. The van der Waals surface area contributed by atoms with Gasteiger partial charge in [0, 0.05) is 39.2 Å². The molecule has 2 fully saturated rings. The van der Waals surface area contributed by atoms with Gasteiger partial charge in [0.1, 0.15) is 5.75 Å². The Kier molecular flexibility index (Phi) is 7.18.